The molecule has 3 nitrogen and oxygen atoms in total. The van der Waals surface area contributed by atoms with Crippen LogP contribution >= 0.6 is 0 Å². The second-order valence-electron chi connectivity index (χ2n) is 6.52. The average Bonchev–Trinajstić information content (AvgIpc) is 3.13. The predicted octanol–water partition coefficient (Wildman–Crippen LogP) is 2.41. The van der Waals surface area contributed by atoms with Crippen molar-refractivity contribution in [2.75, 3.05) is 13.6 Å². The minimum absolute atomic E-state index is 0.204. The van der Waals surface area contributed by atoms with E-state index < -0.39 is 0 Å². The lowest BCUT2D eigenvalue weighted by Gasteiger charge is -2.33. The molecule has 0 bridgehead atoms. The summed E-state index contributed by atoms with van der Waals surface area (Å²) < 4.78 is 0. The van der Waals surface area contributed by atoms with E-state index in [1.807, 2.05) is 0 Å². The van der Waals surface area contributed by atoms with E-state index in [1.165, 1.54) is 38.5 Å². The van der Waals surface area contributed by atoms with E-state index in [-0.39, 0.29) is 5.91 Å². The number of carbonyl (C=O) groups excluding carboxylic acids is 1. The van der Waals surface area contributed by atoms with E-state index in [9.17, 15) is 4.79 Å². The molecular formula is C15H28N2O. The molecule has 1 unspecified atom stereocenters. The topological polar surface area (TPSA) is 32.3 Å². The Morgan fingerprint density at radius 2 is 1.83 bits per heavy atom. The maximum absolute atomic E-state index is 12.0. The number of nitrogens with one attached hydrogen (secondary N) is 1. The lowest BCUT2D eigenvalue weighted by Crippen LogP contribution is -2.44. The van der Waals surface area contributed by atoms with Crippen LogP contribution in [0.5, 0.6) is 0 Å². The summed E-state index contributed by atoms with van der Waals surface area (Å²) in [7, 11) is 2.10. The van der Waals surface area contributed by atoms with Crippen molar-refractivity contribution in [3.05, 3.63) is 0 Å². The van der Waals surface area contributed by atoms with Gasteiger partial charge in [0, 0.05) is 12.1 Å². The molecule has 2 rings (SSSR count). The van der Waals surface area contributed by atoms with Crippen LogP contribution in [0.15, 0.2) is 0 Å². The summed E-state index contributed by atoms with van der Waals surface area (Å²) >= 11 is 0. The van der Waals surface area contributed by atoms with Crippen LogP contribution in [-0.4, -0.2) is 36.5 Å². The van der Waals surface area contributed by atoms with E-state index >= 15 is 0 Å². The van der Waals surface area contributed by atoms with Crippen molar-refractivity contribution in [1.82, 2.24) is 10.2 Å². The molecule has 1 atom stereocenters. The number of carbonyl (C=O) groups is 1. The molecule has 3 heteroatoms. The molecule has 2 aliphatic carbocycles. The van der Waals surface area contributed by atoms with Crippen LogP contribution in [0.3, 0.4) is 0 Å². The lowest BCUT2D eigenvalue weighted by molar-refractivity contribution is -0.123. The Hall–Kier alpha value is -0.570. The van der Waals surface area contributed by atoms with Gasteiger partial charge in [0.2, 0.25) is 5.91 Å². The van der Waals surface area contributed by atoms with E-state index in [0.29, 0.717) is 18.6 Å². The minimum atomic E-state index is 0.204. The average molecular weight is 252 g/mol. The number of hydrogen-bond acceptors (Lipinski definition) is 2. The van der Waals surface area contributed by atoms with Crippen molar-refractivity contribution in [3.8, 4) is 0 Å². The van der Waals surface area contributed by atoms with Gasteiger partial charge in [0.1, 0.15) is 0 Å². The number of nitrogens with zero attached hydrogens (tertiary/aromatic N) is 1. The second-order valence-corrected chi connectivity index (χ2v) is 6.52. The van der Waals surface area contributed by atoms with E-state index in [1.54, 1.807) is 0 Å². The van der Waals surface area contributed by atoms with Gasteiger partial charge in [0.25, 0.3) is 0 Å². The van der Waals surface area contributed by atoms with Crippen molar-refractivity contribution < 1.29 is 4.79 Å². The molecule has 1 N–H and O–H groups in total. The largest absolute Gasteiger partial charge is 0.352 e. The molecule has 104 valence electrons. The molecule has 0 aliphatic heterocycles. The van der Waals surface area contributed by atoms with Gasteiger partial charge in [-0.25, -0.2) is 0 Å². The minimum Gasteiger partial charge on any atom is -0.352 e. The second kappa shape index (κ2) is 6.05. The molecule has 0 aromatic carbocycles. The summed E-state index contributed by atoms with van der Waals surface area (Å²) in [6.07, 6.45) is 7.71. The summed E-state index contributed by atoms with van der Waals surface area (Å²) in [6.45, 7) is 5.04. The first kappa shape index (κ1) is 13.9. The maximum atomic E-state index is 12.0. The Morgan fingerprint density at radius 1 is 1.22 bits per heavy atom. The van der Waals surface area contributed by atoms with Crippen LogP contribution in [0.1, 0.15) is 52.4 Å². The molecule has 0 aromatic heterocycles. The van der Waals surface area contributed by atoms with E-state index in [2.05, 4.69) is 31.1 Å². The maximum Gasteiger partial charge on any atom is 0.234 e. The SMILES string of the molecule is CC1CCC(N(C)CC(=O)NC(C)C2CC2)CC1. The Kier molecular flexibility index (Phi) is 4.66. The quantitative estimate of drug-likeness (QED) is 0.815. The highest BCUT2D eigenvalue weighted by Crippen LogP contribution is 2.32. The normalized spacial score (nSPS) is 30.2. The van der Waals surface area contributed by atoms with Crippen molar-refractivity contribution >= 4 is 5.91 Å². The van der Waals surface area contributed by atoms with Gasteiger partial charge >= 0.3 is 0 Å². The van der Waals surface area contributed by atoms with Crippen molar-refractivity contribution in [1.29, 1.82) is 0 Å². The van der Waals surface area contributed by atoms with Gasteiger partial charge in [-0.2, -0.15) is 0 Å². The van der Waals surface area contributed by atoms with Gasteiger partial charge in [-0.15, -0.1) is 0 Å². The highest BCUT2D eigenvalue weighted by Gasteiger charge is 2.29. The zero-order valence-electron chi connectivity index (χ0n) is 12.1. The van der Waals surface area contributed by atoms with Crippen molar-refractivity contribution in [3.63, 3.8) is 0 Å². The van der Waals surface area contributed by atoms with Gasteiger partial charge in [-0.05, 0) is 64.3 Å². The predicted molar refractivity (Wildman–Crippen MR) is 74.4 cm³/mol. The van der Waals surface area contributed by atoms with Crippen LogP contribution in [-0.2, 0) is 4.79 Å². The molecule has 0 radical (unpaired) electrons. The Balaban J connectivity index is 1.69. The first-order valence-electron chi connectivity index (χ1n) is 7.56. The monoisotopic (exact) mass is 252 g/mol. The van der Waals surface area contributed by atoms with Gasteiger partial charge < -0.3 is 5.32 Å². The molecule has 2 fully saturated rings. The third-order valence-electron chi connectivity index (χ3n) is 4.72. The molecule has 18 heavy (non-hydrogen) atoms. The summed E-state index contributed by atoms with van der Waals surface area (Å²) in [4.78, 5) is 14.2. The third kappa shape index (κ3) is 3.98. The first-order valence-corrected chi connectivity index (χ1v) is 7.56. The Morgan fingerprint density at radius 3 is 2.39 bits per heavy atom. The standard InChI is InChI=1S/C15H28N2O/c1-11-4-8-14(9-5-11)17(3)10-15(18)16-12(2)13-6-7-13/h11-14H,4-10H2,1-3H3,(H,16,18). The summed E-state index contributed by atoms with van der Waals surface area (Å²) in [6, 6.07) is 0.987. The summed E-state index contributed by atoms with van der Waals surface area (Å²) in [5.74, 6) is 1.82. The number of rotatable bonds is 5. The molecular weight excluding hydrogens is 224 g/mol. The summed E-state index contributed by atoms with van der Waals surface area (Å²) in [5.41, 5.74) is 0. The van der Waals surface area contributed by atoms with Gasteiger partial charge in [0.05, 0.1) is 6.54 Å². The number of likely N-dealkylation sites (N-methyl/N-ethyl adjacent to an activating group) is 1. The van der Waals surface area contributed by atoms with Crippen LogP contribution in [0.2, 0.25) is 0 Å². The lowest BCUT2D eigenvalue weighted by atomic mass is 9.87. The molecule has 1 amide bonds. The third-order valence-corrected chi connectivity index (χ3v) is 4.72. The van der Waals surface area contributed by atoms with Crippen molar-refractivity contribution in [2.24, 2.45) is 11.8 Å². The smallest absolute Gasteiger partial charge is 0.234 e. The van der Waals surface area contributed by atoms with Crippen LogP contribution in [0.25, 0.3) is 0 Å². The van der Waals surface area contributed by atoms with Crippen molar-refractivity contribution in [2.45, 2.75) is 64.5 Å². The van der Waals surface area contributed by atoms with Crippen LogP contribution in [0, 0.1) is 11.8 Å². The molecule has 0 saturated heterocycles. The summed E-state index contributed by atoms with van der Waals surface area (Å²) in [5, 5.41) is 3.14. The molecule has 0 spiro atoms. The zero-order valence-corrected chi connectivity index (χ0v) is 12.1. The van der Waals surface area contributed by atoms with Gasteiger partial charge in [-0.1, -0.05) is 6.92 Å². The van der Waals surface area contributed by atoms with Gasteiger partial charge in [-0.3, -0.25) is 9.69 Å². The highest BCUT2D eigenvalue weighted by atomic mass is 16.2. The molecule has 0 aromatic rings. The number of hydrogen-bond donors (Lipinski definition) is 1. The Bertz CT molecular complexity index is 280. The fourth-order valence-corrected chi connectivity index (χ4v) is 3.05. The van der Waals surface area contributed by atoms with Crippen LogP contribution < -0.4 is 5.32 Å². The molecule has 2 aliphatic rings. The zero-order chi connectivity index (χ0) is 13.1. The molecule has 0 heterocycles. The first-order chi connectivity index (χ1) is 8.56. The number of amides is 1. The van der Waals surface area contributed by atoms with Crippen LogP contribution in [0.4, 0.5) is 0 Å². The Labute approximate surface area is 111 Å². The fraction of sp³-hybridized carbons (Fsp3) is 0.933. The van der Waals surface area contributed by atoms with E-state index in [0.717, 1.165) is 11.8 Å². The molecule has 2 saturated carbocycles. The van der Waals surface area contributed by atoms with E-state index in [4.69, 9.17) is 0 Å². The highest BCUT2D eigenvalue weighted by molar-refractivity contribution is 5.78. The fourth-order valence-electron chi connectivity index (χ4n) is 3.05. The van der Waals surface area contributed by atoms with Gasteiger partial charge in [0.15, 0.2) is 0 Å².